The lowest BCUT2D eigenvalue weighted by Gasteiger charge is -2.14. The Morgan fingerprint density at radius 3 is 1.68 bits per heavy atom. The lowest BCUT2D eigenvalue weighted by molar-refractivity contribution is 1.70. The maximum atomic E-state index is 2.39. The van der Waals surface area contributed by atoms with Crippen LogP contribution in [0.25, 0.3) is 54.2 Å². The molecule has 0 bridgehead atoms. The van der Waals surface area contributed by atoms with Gasteiger partial charge in [-0.2, -0.15) is 0 Å². The molecule has 0 heteroatoms. The molecule has 0 nitrogen and oxygen atoms in total. The molecule has 0 heterocycles. The lowest BCUT2D eigenvalue weighted by Crippen LogP contribution is -1.87. The quantitative estimate of drug-likeness (QED) is 0.263. The van der Waals surface area contributed by atoms with Gasteiger partial charge in [0.25, 0.3) is 0 Å². The van der Waals surface area contributed by atoms with Crippen molar-refractivity contribution >= 4 is 43.1 Å². The van der Waals surface area contributed by atoms with Crippen molar-refractivity contribution in [3.63, 3.8) is 0 Å². The van der Waals surface area contributed by atoms with E-state index in [2.05, 4.69) is 109 Å². The van der Waals surface area contributed by atoms with E-state index in [1.165, 1.54) is 54.2 Å². The van der Waals surface area contributed by atoms with E-state index in [0.29, 0.717) is 0 Å². The maximum Gasteiger partial charge on any atom is -0.00926 e. The summed E-state index contributed by atoms with van der Waals surface area (Å²) in [4.78, 5) is 0. The summed E-state index contributed by atoms with van der Waals surface area (Å²) in [6.45, 7) is 0. The first-order chi connectivity index (χ1) is 13.9. The van der Waals surface area contributed by atoms with Crippen LogP contribution < -0.4 is 0 Å². The molecule has 0 unspecified atom stereocenters. The van der Waals surface area contributed by atoms with Crippen LogP contribution in [0.2, 0.25) is 0 Å². The summed E-state index contributed by atoms with van der Waals surface area (Å²) in [6, 6.07) is 39.6. The van der Waals surface area contributed by atoms with Crippen molar-refractivity contribution in [3.8, 4) is 11.1 Å². The molecule has 0 N–H and O–H groups in total. The Morgan fingerprint density at radius 1 is 0.286 bits per heavy atom. The average molecular weight is 354 g/mol. The number of benzene rings is 6. The molecule has 0 fully saturated rings. The van der Waals surface area contributed by atoms with E-state index in [0.717, 1.165) is 0 Å². The van der Waals surface area contributed by atoms with Gasteiger partial charge in [0.05, 0.1) is 0 Å². The third kappa shape index (κ3) is 2.18. The fraction of sp³-hybridized carbons (Fsp3) is 0. The van der Waals surface area contributed by atoms with Crippen LogP contribution in [0.1, 0.15) is 0 Å². The van der Waals surface area contributed by atoms with E-state index in [-0.39, 0.29) is 0 Å². The second-order valence-electron chi connectivity index (χ2n) is 7.38. The summed E-state index contributed by atoms with van der Waals surface area (Å²) in [5.41, 5.74) is 2.60. The Balaban J connectivity index is 1.85. The summed E-state index contributed by atoms with van der Waals surface area (Å²) < 4.78 is 0. The van der Waals surface area contributed by atoms with Crippen LogP contribution in [-0.4, -0.2) is 0 Å². The molecule has 0 aliphatic heterocycles. The minimum atomic E-state index is 1.28. The van der Waals surface area contributed by atoms with E-state index in [4.69, 9.17) is 0 Å². The van der Waals surface area contributed by atoms with Gasteiger partial charge < -0.3 is 0 Å². The molecule has 0 amide bonds. The van der Waals surface area contributed by atoms with Crippen LogP contribution in [0.3, 0.4) is 0 Å². The fourth-order valence-electron chi connectivity index (χ4n) is 4.54. The number of fused-ring (bicyclic) bond motifs is 6. The minimum Gasteiger partial charge on any atom is -0.0616 e. The Kier molecular flexibility index (Phi) is 3.27. The molecule has 6 aromatic carbocycles. The standard InChI is InChI=1S/C28H18/c1-3-11-21-19(8-1)10-7-15-23(21)28-18-27-22-12-4-2-9-20(22)16-17-26(27)24-13-5-6-14-25(24)28/h1-18H. The second-order valence-corrected chi connectivity index (χ2v) is 7.38. The van der Waals surface area contributed by atoms with Crippen LogP contribution in [0.5, 0.6) is 0 Å². The van der Waals surface area contributed by atoms with Crippen molar-refractivity contribution in [1.29, 1.82) is 0 Å². The SMILES string of the molecule is c1ccc2c(-c3cc4c5ccccc5ccc4c4ccccc34)cccc2c1. The Bertz CT molecular complexity index is 1500. The first kappa shape index (κ1) is 15.4. The van der Waals surface area contributed by atoms with E-state index < -0.39 is 0 Å². The monoisotopic (exact) mass is 354 g/mol. The molecule has 0 atom stereocenters. The van der Waals surface area contributed by atoms with Gasteiger partial charge in [-0.25, -0.2) is 0 Å². The molecule has 6 aromatic rings. The van der Waals surface area contributed by atoms with Crippen LogP contribution in [0, 0.1) is 0 Å². The van der Waals surface area contributed by atoms with Crippen molar-refractivity contribution in [2.45, 2.75) is 0 Å². The normalized spacial score (nSPS) is 11.6. The fourth-order valence-corrected chi connectivity index (χ4v) is 4.54. The molecule has 0 saturated carbocycles. The van der Waals surface area contributed by atoms with Gasteiger partial charge in [0, 0.05) is 0 Å². The molecular formula is C28H18. The molecule has 0 aliphatic rings. The predicted molar refractivity (Wildman–Crippen MR) is 122 cm³/mol. The van der Waals surface area contributed by atoms with E-state index in [9.17, 15) is 0 Å². The largest absolute Gasteiger partial charge is 0.0616 e. The summed E-state index contributed by atoms with van der Waals surface area (Å²) in [7, 11) is 0. The molecule has 0 aliphatic carbocycles. The highest BCUT2D eigenvalue weighted by Gasteiger charge is 2.12. The van der Waals surface area contributed by atoms with Gasteiger partial charge in [-0.05, 0) is 60.3 Å². The Hall–Kier alpha value is -3.64. The van der Waals surface area contributed by atoms with Gasteiger partial charge in [0.1, 0.15) is 0 Å². The number of hydrogen-bond donors (Lipinski definition) is 0. The molecular weight excluding hydrogens is 336 g/mol. The van der Waals surface area contributed by atoms with Gasteiger partial charge in [-0.3, -0.25) is 0 Å². The smallest absolute Gasteiger partial charge is 0.00926 e. The highest BCUT2D eigenvalue weighted by Crippen LogP contribution is 2.39. The number of rotatable bonds is 1. The van der Waals surface area contributed by atoms with E-state index in [1.54, 1.807) is 0 Å². The topological polar surface area (TPSA) is 0 Å². The minimum absolute atomic E-state index is 1.28. The number of hydrogen-bond acceptors (Lipinski definition) is 0. The maximum absolute atomic E-state index is 2.39. The van der Waals surface area contributed by atoms with Gasteiger partial charge in [-0.15, -0.1) is 0 Å². The van der Waals surface area contributed by atoms with Crippen molar-refractivity contribution in [3.05, 3.63) is 109 Å². The van der Waals surface area contributed by atoms with Crippen molar-refractivity contribution < 1.29 is 0 Å². The highest BCUT2D eigenvalue weighted by atomic mass is 14.2. The Morgan fingerprint density at radius 2 is 0.857 bits per heavy atom. The molecule has 28 heavy (non-hydrogen) atoms. The van der Waals surface area contributed by atoms with Crippen molar-refractivity contribution in [1.82, 2.24) is 0 Å². The van der Waals surface area contributed by atoms with Gasteiger partial charge >= 0.3 is 0 Å². The first-order valence-electron chi connectivity index (χ1n) is 9.71. The summed E-state index contributed by atoms with van der Waals surface area (Å²) in [5.74, 6) is 0. The first-order valence-corrected chi connectivity index (χ1v) is 9.71. The third-order valence-electron chi connectivity index (χ3n) is 5.85. The zero-order valence-corrected chi connectivity index (χ0v) is 15.4. The molecule has 0 spiro atoms. The molecule has 6 rings (SSSR count). The second kappa shape index (κ2) is 5.94. The van der Waals surface area contributed by atoms with Crippen LogP contribution in [-0.2, 0) is 0 Å². The highest BCUT2D eigenvalue weighted by molar-refractivity contribution is 6.22. The Labute approximate surface area is 163 Å². The van der Waals surface area contributed by atoms with Gasteiger partial charge in [0.2, 0.25) is 0 Å². The third-order valence-corrected chi connectivity index (χ3v) is 5.85. The van der Waals surface area contributed by atoms with E-state index in [1.807, 2.05) is 0 Å². The zero-order valence-electron chi connectivity index (χ0n) is 15.4. The molecule has 130 valence electrons. The van der Waals surface area contributed by atoms with Crippen molar-refractivity contribution in [2.24, 2.45) is 0 Å². The summed E-state index contributed by atoms with van der Waals surface area (Å²) in [5, 5.41) is 10.4. The van der Waals surface area contributed by atoms with Crippen molar-refractivity contribution in [2.75, 3.05) is 0 Å². The van der Waals surface area contributed by atoms with Crippen LogP contribution in [0.4, 0.5) is 0 Å². The van der Waals surface area contributed by atoms with Crippen LogP contribution >= 0.6 is 0 Å². The van der Waals surface area contributed by atoms with Crippen LogP contribution in [0.15, 0.2) is 109 Å². The summed E-state index contributed by atoms with van der Waals surface area (Å²) >= 11 is 0. The molecule has 0 saturated heterocycles. The predicted octanol–water partition coefficient (Wildman–Crippen LogP) is 7.97. The van der Waals surface area contributed by atoms with Gasteiger partial charge in [0.15, 0.2) is 0 Å². The van der Waals surface area contributed by atoms with E-state index >= 15 is 0 Å². The lowest BCUT2D eigenvalue weighted by atomic mass is 9.89. The summed E-state index contributed by atoms with van der Waals surface area (Å²) in [6.07, 6.45) is 0. The van der Waals surface area contributed by atoms with Gasteiger partial charge in [-0.1, -0.05) is 103 Å². The zero-order chi connectivity index (χ0) is 18.5. The molecule has 0 aromatic heterocycles. The average Bonchev–Trinajstić information content (AvgIpc) is 2.78. The molecule has 0 radical (unpaired) electrons.